The minimum Gasteiger partial charge on any atom is -0.338 e. The number of nitrogens with two attached hydrogens (primary N) is 2. The van der Waals surface area contributed by atoms with Crippen molar-refractivity contribution in [1.82, 2.24) is 24.3 Å². The minimum atomic E-state index is -0.860. The van der Waals surface area contributed by atoms with Crippen molar-refractivity contribution >= 4 is 30.2 Å². The summed E-state index contributed by atoms with van der Waals surface area (Å²) in [5.41, 5.74) is 12.9. The van der Waals surface area contributed by atoms with Crippen molar-refractivity contribution in [2.75, 3.05) is 44.6 Å². The van der Waals surface area contributed by atoms with E-state index in [9.17, 15) is 14.4 Å². The highest BCUT2D eigenvalue weighted by Crippen LogP contribution is 2.44. The van der Waals surface area contributed by atoms with Crippen molar-refractivity contribution in [3.8, 4) is 5.69 Å². The summed E-state index contributed by atoms with van der Waals surface area (Å²) in [6.45, 7) is 8.43. The first-order valence-corrected chi connectivity index (χ1v) is 13.5. The zero-order valence-corrected chi connectivity index (χ0v) is 23.4. The highest BCUT2D eigenvalue weighted by atomic mass is 35.5. The standard InChI is InChI=1S/C27H38N8O3.ClH/c1-3-27(29,4-2)24(36)33-11-13-34(14-12-33)25(37)30-22-9-10-35(26(38)31-22)19-7-5-18(6-8-19)15-32-16-20-21(17-32)23(20)28;/h5-10,20-21,23H,3-4,11-17,28-29H2,1-2H3,(H,30,31,37,38);1H. The molecule has 3 aliphatic rings. The molecule has 2 unspecified atom stereocenters. The Hall–Kier alpha value is -2.99. The maximum absolute atomic E-state index is 12.8. The molecular weight excluding hydrogens is 520 g/mol. The average molecular weight is 559 g/mol. The molecule has 5 rings (SSSR count). The Morgan fingerprint density at radius 2 is 1.59 bits per heavy atom. The van der Waals surface area contributed by atoms with Gasteiger partial charge in [-0.2, -0.15) is 4.98 Å². The van der Waals surface area contributed by atoms with Gasteiger partial charge in [-0.1, -0.05) is 26.0 Å². The first kappa shape index (κ1) is 29.0. The second-order valence-corrected chi connectivity index (χ2v) is 10.8. The number of amides is 3. The molecule has 1 aromatic carbocycles. The van der Waals surface area contributed by atoms with Crippen molar-refractivity contribution in [2.45, 2.75) is 44.8 Å². The monoisotopic (exact) mass is 558 g/mol. The van der Waals surface area contributed by atoms with Crippen molar-refractivity contribution < 1.29 is 9.59 Å². The van der Waals surface area contributed by atoms with E-state index < -0.39 is 11.2 Å². The van der Waals surface area contributed by atoms with Crippen LogP contribution in [0.4, 0.5) is 10.6 Å². The Balaban J connectivity index is 0.00000353. The summed E-state index contributed by atoms with van der Waals surface area (Å²) in [6, 6.07) is 9.53. The number of piperidine rings is 1. The van der Waals surface area contributed by atoms with Crippen LogP contribution in [0, 0.1) is 11.8 Å². The van der Waals surface area contributed by atoms with Gasteiger partial charge in [0.15, 0.2) is 0 Å². The van der Waals surface area contributed by atoms with Crippen molar-refractivity contribution in [1.29, 1.82) is 0 Å². The van der Waals surface area contributed by atoms with Gasteiger partial charge in [0.05, 0.1) is 11.2 Å². The number of anilines is 1. The smallest absolute Gasteiger partial charge is 0.338 e. The van der Waals surface area contributed by atoms with Gasteiger partial charge >= 0.3 is 11.7 Å². The number of hydrogen-bond donors (Lipinski definition) is 3. The molecule has 1 aromatic heterocycles. The number of benzene rings is 1. The van der Waals surface area contributed by atoms with Gasteiger partial charge in [0.1, 0.15) is 5.82 Å². The van der Waals surface area contributed by atoms with E-state index >= 15 is 0 Å². The van der Waals surface area contributed by atoms with Crippen LogP contribution in [0.15, 0.2) is 41.3 Å². The molecule has 2 aliphatic heterocycles. The van der Waals surface area contributed by atoms with Gasteiger partial charge < -0.3 is 21.3 Å². The lowest BCUT2D eigenvalue weighted by molar-refractivity contribution is -0.138. The predicted octanol–water partition coefficient (Wildman–Crippen LogP) is 1.24. The largest absolute Gasteiger partial charge is 0.354 e. The van der Waals surface area contributed by atoms with Crippen LogP contribution in [0.5, 0.6) is 0 Å². The van der Waals surface area contributed by atoms with E-state index in [0.717, 1.165) is 19.6 Å². The lowest BCUT2D eigenvalue weighted by Gasteiger charge is -2.39. The second kappa shape index (κ2) is 11.6. The number of rotatable bonds is 7. The third kappa shape index (κ3) is 5.96. The zero-order valence-electron chi connectivity index (χ0n) is 22.6. The molecule has 0 spiro atoms. The molecule has 39 heavy (non-hydrogen) atoms. The number of nitrogens with zero attached hydrogens (tertiary/aromatic N) is 5. The van der Waals surface area contributed by atoms with Crippen LogP contribution in [0.2, 0.25) is 0 Å². The number of urea groups is 1. The number of fused-ring (bicyclic) bond motifs is 1. The van der Waals surface area contributed by atoms with E-state index in [-0.39, 0.29) is 30.2 Å². The molecular formula is C27H39ClN8O3. The van der Waals surface area contributed by atoms with E-state index in [0.29, 0.717) is 62.6 Å². The summed E-state index contributed by atoms with van der Waals surface area (Å²) in [4.78, 5) is 48.1. The number of nitrogens with one attached hydrogen (secondary N) is 1. The van der Waals surface area contributed by atoms with Gasteiger partial charge in [-0.05, 0) is 48.4 Å². The van der Waals surface area contributed by atoms with E-state index in [1.54, 1.807) is 22.1 Å². The quantitative estimate of drug-likeness (QED) is 0.464. The number of halogens is 1. The summed E-state index contributed by atoms with van der Waals surface area (Å²) in [5.74, 6) is 1.43. The van der Waals surface area contributed by atoms with E-state index in [1.807, 2.05) is 38.1 Å². The summed E-state index contributed by atoms with van der Waals surface area (Å²) in [7, 11) is 0. The summed E-state index contributed by atoms with van der Waals surface area (Å²) < 4.78 is 1.45. The van der Waals surface area contributed by atoms with Gasteiger partial charge in [0.2, 0.25) is 5.91 Å². The molecule has 1 saturated carbocycles. The molecule has 2 saturated heterocycles. The first-order valence-electron chi connectivity index (χ1n) is 13.5. The third-order valence-corrected chi connectivity index (χ3v) is 8.54. The van der Waals surface area contributed by atoms with Gasteiger partial charge in [-0.25, -0.2) is 9.59 Å². The fourth-order valence-corrected chi connectivity index (χ4v) is 5.65. The Kier molecular flexibility index (Phi) is 8.65. The maximum atomic E-state index is 12.8. The second-order valence-electron chi connectivity index (χ2n) is 10.8. The number of aromatic nitrogens is 2. The summed E-state index contributed by atoms with van der Waals surface area (Å²) in [5, 5.41) is 2.71. The minimum absolute atomic E-state index is 0. The van der Waals surface area contributed by atoms with Gasteiger partial charge in [0, 0.05) is 58.1 Å². The molecule has 11 nitrogen and oxygen atoms in total. The number of carbonyl (C=O) groups excluding carboxylic acids is 2. The van der Waals surface area contributed by atoms with Crippen molar-refractivity contribution in [2.24, 2.45) is 23.3 Å². The molecule has 2 atom stereocenters. The molecule has 12 heteroatoms. The fourth-order valence-electron chi connectivity index (χ4n) is 5.65. The first-order chi connectivity index (χ1) is 18.2. The Morgan fingerprint density at radius 1 is 1.00 bits per heavy atom. The molecule has 3 amide bonds. The molecule has 3 heterocycles. The molecule has 1 aliphatic carbocycles. The summed E-state index contributed by atoms with van der Waals surface area (Å²) in [6.07, 6.45) is 2.75. The van der Waals surface area contributed by atoms with Crippen LogP contribution in [-0.4, -0.2) is 87.0 Å². The third-order valence-electron chi connectivity index (χ3n) is 8.54. The SMILES string of the molecule is CCC(N)(CC)C(=O)N1CCN(C(=O)Nc2ccn(-c3ccc(CN4CC5C(N)C5C4)cc3)c(=O)n2)CC1.Cl. The van der Waals surface area contributed by atoms with E-state index in [4.69, 9.17) is 11.5 Å². The molecule has 3 fully saturated rings. The Labute approximate surface area is 234 Å². The topological polar surface area (TPSA) is 143 Å². The zero-order chi connectivity index (χ0) is 27.0. The van der Waals surface area contributed by atoms with Crippen LogP contribution in [0.1, 0.15) is 32.3 Å². The lowest BCUT2D eigenvalue weighted by Crippen LogP contribution is -2.60. The maximum Gasteiger partial charge on any atom is 0.354 e. The van der Waals surface area contributed by atoms with E-state index in [1.165, 1.54) is 10.1 Å². The highest BCUT2D eigenvalue weighted by molar-refractivity contribution is 5.89. The Bertz CT molecular complexity index is 1230. The van der Waals surface area contributed by atoms with Crippen LogP contribution in [0.25, 0.3) is 5.69 Å². The van der Waals surface area contributed by atoms with Crippen molar-refractivity contribution in [3.63, 3.8) is 0 Å². The molecule has 212 valence electrons. The number of likely N-dealkylation sites (tertiary alicyclic amines) is 1. The van der Waals surface area contributed by atoms with Gasteiger partial charge in [0.25, 0.3) is 0 Å². The van der Waals surface area contributed by atoms with Crippen LogP contribution in [-0.2, 0) is 11.3 Å². The van der Waals surface area contributed by atoms with Gasteiger partial charge in [-0.3, -0.25) is 19.6 Å². The molecule has 2 aromatic rings. The van der Waals surface area contributed by atoms with Gasteiger partial charge in [-0.15, -0.1) is 12.4 Å². The predicted molar refractivity (Wildman–Crippen MR) is 152 cm³/mol. The molecule has 0 bridgehead atoms. The molecule has 5 N–H and O–H groups in total. The highest BCUT2D eigenvalue weighted by Gasteiger charge is 2.53. The average Bonchev–Trinajstić information content (AvgIpc) is 3.31. The summed E-state index contributed by atoms with van der Waals surface area (Å²) >= 11 is 0. The number of carbonyl (C=O) groups is 2. The number of piperazine rings is 1. The fraction of sp³-hybridized carbons (Fsp3) is 0.556. The normalized spacial score (nSPS) is 22.7. The van der Waals surface area contributed by atoms with Crippen LogP contribution in [0.3, 0.4) is 0 Å². The van der Waals surface area contributed by atoms with Crippen molar-refractivity contribution in [3.05, 3.63) is 52.6 Å². The lowest BCUT2D eigenvalue weighted by atomic mass is 9.92. The van der Waals surface area contributed by atoms with E-state index in [2.05, 4.69) is 15.2 Å². The van der Waals surface area contributed by atoms with Crippen LogP contribution < -0.4 is 22.5 Å². The Morgan fingerprint density at radius 3 is 2.15 bits per heavy atom. The number of hydrogen-bond acceptors (Lipinski definition) is 7. The van der Waals surface area contributed by atoms with Crippen LogP contribution >= 0.6 is 12.4 Å². The molecule has 0 radical (unpaired) electrons.